The number of carbonyl (C=O) groups is 2. The van der Waals surface area contributed by atoms with Crippen molar-refractivity contribution in [1.29, 1.82) is 0 Å². The first-order valence-corrected chi connectivity index (χ1v) is 6.73. The van der Waals surface area contributed by atoms with Gasteiger partial charge in [0, 0.05) is 13.1 Å². The molecule has 3 rings (SSSR count). The summed E-state index contributed by atoms with van der Waals surface area (Å²) < 4.78 is 6.86. The Bertz CT molecular complexity index is 647. The van der Waals surface area contributed by atoms with Crippen molar-refractivity contribution in [3.63, 3.8) is 0 Å². The third-order valence-electron chi connectivity index (χ3n) is 3.56. The maximum Gasteiger partial charge on any atom is 0.247 e. The minimum atomic E-state index is -0.511. The first-order valence-electron chi connectivity index (χ1n) is 6.73. The number of carbonyl (C=O) groups excluding carboxylic acids is 2. The Morgan fingerprint density at radius 2 is 2.33 bits per heavy atom. The van der Waals surface area contributed by atoms with Crippen LogP contribution in [0.3, 0.4) is 0 Å². The highest BCUT2D eigenvalue weighted by molar-refractivity contribution is 5.82. The predicted molar refractivity (Wildman–Crippen MR) is 72.9 cm³/mol. The van der Waals surface area contributed by atoms with Crippen LogP contribution in [0.1, 0.15) is 24.4 Å². The van der Waals surface area contributed by atoms with Gasteiger partial charge >= 0.3 is 0 Å². The van der Waals surface area contributed by atoms with Gasteiger partial charge in [0.1, 0.15) is 11.8 Å². The van der Waals surface area contributed by atoms with E-state index >= 15 is 0 Å². The van der Waals surface area contributed by atoms with E-state index in [-0.39, 0.29) is 11.8 Å². The van der Waals surface area contributed by atoms with Crippen molar-refractivity contribution in [3.8, 4) is 0 Å². The lowest BCUT2D eigenvalue weighted by molar-refractivity contribution is -0.133. The fraction of sp³-hybridized carbons (Fsp3) is 0.357. The highest BCUT2D eigenvalue weighted by atomic mass is 16.3. The first kappa shape index (κ1) is 13.4. The summed E-state index contributed by atoms with van der Waals surface area (Å²) in [5.74, 6) is 0.455. The second-order valence-corrected chi connectivity index (χ2v) is 4.98. The fourth-order valence-electron chi connectivity index (χ4n) is 2.43. The molecule has 7 nitrogen and oxygen atoms in total. The molecule has 0 aliphatic carbocycles. The molecule has 110 valence electrons. The molecule has 1 unspecified atom stereocenters. The molecule has 0 bridgehead atoms. The summed E-state index contributed by atoms with van der Waals surface area (Å²) in [5.41, 5.74) is 0.856. The monoisotopic (exact) mass is 288 g/mol. The van der Waals surface area contributed by atoms with Gasteiger partial charge in [-0.2, -0.15) is 5.10 Å². The van der Waals surface area contributed by atoms with Gasteiger partial charge in [0.15, 0.2) is 0 Å². The number of hydrogen-bond acceptors (Lipinski definition) is 4. The number of fused-ring (bicyclic) bond motifs is 1. The van der Waals surface area contributed by atoms with Gasteiger partial charge in [0.25, 0.3) is 0 Å². The molecule has 1 aliphatic heterocycles. The molecule has 2 aromatic rings. The molecule has 3 heterocycles. The summed E-state index contributed by atoms with van der Waals surface area (Å²) in [4.78, 5) is 25.6. The molecule has 0 spiro atoms. The molecule has 0 fully saturated rings. The molecule has 21 heavy (non-hydrogen) atoms. The largest absolute Gasteiger partial charge is 0.467 e. The van der Waals surface area contributed by atoms with Gasteiger partial charge in [-0.25, -0.2) is 0 Å². The molecule has 2 aromatic heterocycles. The molecule has 0 saturated heterocycles. The summed E-state index contributed by atoms with van der Waals surface area (Å²) in [6, 6.07) is 4.87. The van der Waals surface area contributed by atoms with E-state index in [4.69, 9.17) is 4.42 Å². The Hall–Kier alpha value is -2.57. The summed E-state index contributed by atoms with van der Waals surface area (Å²) in [7, 11) is 0. The third kappa shape index (κ3) is 2.67. The molecular weight excluding hydrogens is 272 g/mol. The van der Waals surface area contributed by atoms with Crippen LogP contribution in [-0.2, 0) is 22.7 Å². The highest BCUT2D eigenvalue weighted by Gasteiger charge is 2.31. The van der Waals surface area contributed by atoms with Crippen molar-refractivity contribution < 1.29 is 14.0 Å². The number of nitrogens with one attached hydrogen (secondary N) is 1. The molecule has 1 N–H and O–H groups in total. The Morgan fingerprint density at radius 3 is 3.05 bits per heavy atom. The zero-order chi connectivity index (χ0) is 14.8. The lowest BCUT2D eigenvalue weighted by Gasteiger charge is -2.32. The van der Waals surface area contributed by atoms with Crippen molar-refractivity contribution in [3.05, 3.63) is 42.1 Å². The third-order valence-corrected chi connectivity index (χ3v) is 3.56. The lowest BCUT2D eigenvalue weighted by Crippen LogP contribution is -2.46. The quantitative estimate of drug-likeness (QED) is 0.901. The summed E-state index contributed by atoms with van der Waals surface area (Å²) in [6.45, 7) is 2.63. The Labute approximate surface area is 121 Å². The van der Waals surface area contributed by atoms with Crippen molar-refractivity contribution in [2.75, 3.05) is 6.54 Å². The van der Waals surface area contributed by atoms with Gasteiger partial charge in [-0.15, -0.1) is 0 Å². The predicted octanol–water partition coefficient (Wildman–Crippen LogP) is 0.696. The molecule has 1 aliphatic rings. The maximum atomic E-state index is 12.4. The lowest BCUT2D eigenvalue weighted by atomic mass is 10.1. The molecule has 7 heteroatoms. The molecule has 2 amide bonds. The van der Waals surface area contributed by atoms with E-state index in [1.54, 1.807) is 34.2 Å². The van der Waals surface area contributed by atoms with E-state index in [1.165, 1.54) is 6.92 Å². The van der Waals surface area contributed by atoms with Crippen molar-refractivity contribution in [1.82, 2.24) is 20.0 Å². The van der Waals surface area contributed by atoms with Gasteiger partial charge in [0.2, 0.25) is 11.8 Å². The van der Waals surface area contributed by atoms with Crippen LogP contribution < -0.4 is 5.32 Å². The van der Waals surface area contributed by atoms with Gasteiger partial charge in [0.05, 0.1) is 31.6 Å². The summed E-state index contributed by atoms with van der Waals surface area (Å²) >= 11 is 0. The molecule has 1 atom stereocenters. The van der Waals surface area contributed by atoms with E-state index in [0.717, 1.165) is 5.69 Å². The molecule has 0 saturated carbocycles. The van der Waals surface area contributed by atoms with Crippen molar-refractivity contribution >= 4 is 11.8 Å². The van der Waals surface area contributed by atoms with Crippen LogP contribution in [0.4, 0.5) is 0 Å². The Balaban J connectivity index is 1.74. The topological polar surface area (TPSA) is 80.4 Å². The van der Waals surface area contributed by atoms with E-state index < -0.39 is 6.04 Å². The summed E-state index contributed by atoms with van der Waals surface area (Å²) in [5, 5.41) is 7.01. The SMILES string of the molecule is CC(=O)N1Cc2ccnn2C(C(=O)NCc2ccco2)C1. The second kappa shape index (κ2) is 5.43. The van der Waals surface area contributed by atoms with E-state index in [0.29, 0.717) is 25.4 Å². The van der Waals surface area contributed by atoms with Gasteiger partial charge in [-0.05, 0) is 18.2 Å². The van der Waals surface area contributed by atoms with E-state index in [1.807, 2.05) is 6.07 Å². The highest BCUT2D eigenvalue weighted by Crippen LogP contribution is 2.20. The maximum absolute atomic E-state index is 12.4. The number of amides is 2. The smallest absolute Gasteiger partial charge is 0.247 e. The fourth-order valence-corrected chi connectivity index (χ4v) is 2.43. The van der Waals surface area contributed by atoms with Crippen LogP contribution in [-0.4, -0.2) is 33.0 Å². The number of hydrogen-bond donors (Lipinski definition) is 1. The minimum absolute atomic E-state index is 0.0497. The molecular formula is C14H16N4O3. The van der Waals surface area contributed by atoms with E-state index in [9.17, 15) is 9.59 Å². The molecule has 0 aromatic carbocycles. The van der Waals surface area contributed by atoms with E-state index in [2.05, 4.69) is 10.4 Å². The average molecular weight is 288 g/mol. The van der Waals surface area contributed by atoms with Crippen LogP contribution in [0.2, 0.25) is 0 Å². The van der Waals surface area contributed by atoms with Crippen LogP contribution in [0, 0.1) is 0 Å². The Kier molecular flexibility index (Phi) is 3.47. The summed E-state index contributed by atoms with van der Waals surface area (Å²) in [6.07, 6.45) is 3.21. The van der Waals surface area contributed by atoms with Crippen LogP contribution in [0.15, 0.2) is 35.1 Å². The number of rotatable bonds is 3. The van der Waals surface area contributed by atoms with Gasteiger partial charge < -0.3 is 14.6 Å². The Morgan fingerprint density at radius 1 is 1.48 bits per heavy atom. The van der Waals surface area contributed by atoms with Crippen LogP contribution in [0.5, 0.6) is 0 Å². The standard InChI is InChI=1S/C14H16N4O3/c1-10(19)17-8-11-4-5-16-18(11)13(9-17)14(20)15-7-12-3-2-6-21-12/h2-6,13H,7-9H2,1H3,(H,15,20). The zero-order valence-electron chi connectivity index (χ0n) is 11.7. The van der Waals surface area contributed by atoms with Crippen LogP contribution >= 0.6 is 0 Å². The zero-order valence-corrected chi connectivity index (χ0v) is 11.7. The van der Waals surface area contributed by atoms with Crippen molar-refractivity contribution in [2.24, 2.45) is 0 Å². The minimum Gasteiger partial charge on any atom is -0.467 e. The van der Waals surface area contributed by atoms with Crippen LogP contribution in [0.25, 0.3) is 0 Å². The number of nitrogens with zero attached hydrogens (tertiary/aromatic N) is 3. The van der Waals surface area contributed by atoms with Gasteiger partial charge in [-0.3, -0.25) is 14.3 Å². The molecule has 0 radical (unpaired) electrons. The average Bonchev–Trinajstić information content (AvgIpc) is 3.14. The number of aromatic nitrogens is 2. The normalized spacial score (nSPS) is 17.4. The van der Waals surface area contributed by atoms with Crippen molar-refractivity contribution in [2.45, 2.75) is 26.1 Å². The van der Waals surface area contributed by atoms with Gasteiger partial charge in [-0.1, -0.05) is 0 Å². The first-order chi connectivity index (χ1) is 10.1. The second-order valence-electron chi connectivity index (χ2n) is 4.98. The number of furan rings is 1.